The van der Waals surface area contributed by atoms with E-state index in [9.17, 15) is 14.4 Å². The summed E-state index contributed by atoms with van der Waals surface area (Å²) in [6, 6.07) is 20.7. The van der Waals surface area contributed by atoms with Crippen LogP contribution < -0.4 is 20.3 Å². The van der Waals surface area contributed by atoms with E-state index < -0.39 is 11.1 Å². The van der Waals surface area contributed by atoms with Gasteiger partial charge in [0.25, 0.3) is 11.1 Å². The monoisotopic (exact) mass is 528 g/mol. The lowest BCUT2D eigenvalue weighted by Crippen LogP contribution is -2.73. The van der Waals surface area contributed by atoms with Crippen LogP contribution in [0.1, 0.15) is 11.3 Å². The van der Waals surface area contributed by atoms with Gasteiger partial charge in [0.1, 0.15) is 6.61 Å². The van der Waals surface area contributed by atoms with Crippen molar-refractivity contribution in [3.8, 4) is 5.88 Å². The summed E-state index contributed by atoms with van der Waals surface area (Å²) in [7, 11) is 0. The summed E-state index contributed by atoms with van der Waals surface area (Å²) in [4.78, 5) is 49.6. The number of urea groups is 1. The van der Waals surface area contributed by atoms with Crippen molar-refractivity contribution >= 4 is 46.7 Å². The van der Waals surface area contributed by atoms with Crippen molar-refractivity contribution in [1.82, 2.24) is 20.2 Å². The minimum atomic E-state index is -0.446. The van der Waals surface area contributed by atoms with Crippen molar-refractivity contribution in [2.24, 2.45) is 5.41 Å². The Morgan fingerprint density at radius 2 is 1.74 bits per heavy atom. The largest absolute Gasteiger partial charge is 0.473 e. The topological polar surface area (TPSA) is 117 Å². The molecule has 0 radical (unpaired) electrons. The second kappa shape index (κ2) is 9.82. The van der Waals surface area contributed by atoms with E-state index in [-0.39, 0.29) is 16.4 Å². The lowest BCUT2D eigenvalue weighted by Gasteiger charge is -2.59. The number of amides is 4. The quantitative estimate of drug-likeness (QED) is 0.465. The predicted octanol–water partition coefficient (Wildman–Crippen LogP) is 3.73. The third-order valence-corrected chi connectivity index (χ3v) is 7.37. The van der Waals surface area contributed by atoms with E-state index in [1.807, 2.05) is 65.6 Å². The number of carbonyl (C=O) groups is 3. The fourth-order valence-electron chi connectivity index (χ4n) is 4.74. The number of carbonyl (C=O) groups excluding carboxylic acids is 3. The number of rotatable bonds is 6. The first-order valence-electron chi connectivity index (χ1n) is 12.1. The molecule has 4 amide bonds. The molecule has 0 atom stereocenters. The van der Waals surface area contributed by atoms with Crippen molar-refractivity contribution in [3.63, 3.8) is 0 Å². The van der Waals surface area contributed by atoms with Crippen LogP contribution in [0.5, 0.6) is 5.88 Å². The maximum atomic E-state index is 12.6. The molecule has 0 aliphatic carbocycles. The summed E-state index contributed by atoms with van der Waals surface area (Å²) >= 11 is 0.838. The van der Waals surface area contributed by atoms with Crippen LogP contribution in [0.25, 0.3) is 6.08 Å². The molecule has 3 aliphatic heterocycles. The Kier molecular flexibility index (Phi) is 6.20. The molecule has 38 heavy (non-hydrogen) atoms. The highest BCUT2D eigenvalue weighted by Crippen LogP contribution is 2.41. The molecule has 4 heterocycles. The summed E-state index contributed by atoms with van der Waals surface area (Å²) in [6.07, 6.45) is 1.57. The molecular formula is C27H24N6O4S. The number of hydrogen-bond acceptors (Lipinski definition) is 8. The molecule has 11 heteroatoms. The average Bonchev–Trinajstić information content (AvgIpc) is 3.18. The molecule has 1 aromatic heterocycles. The zero-order valence-electron chi connectivity index (χ0n) is 20.3. The van der Waals surface area contributed by atoms with Gasteiger partial charge in [-0.15, -0.1) is 0 Å². The molecule has 2 aromatic carbocycles. The number of nitrogens with one attached hydrogen (secondary N) is 2. The van der Waals surface area contributed by atoms with Crippen molar-refractivity contribution in [1.29, 1.82) is 0 Å². The van der Waals surface area contributed by atoms with Crippen LogP contribution in [-0.2, 0) is 11.4 Å². The summed E-state index contributed by atoms with van der Waals surface area (Å²) in [5.74, 6) is 0.409. The fourth-order valence-corrected chi connectivity index (χ4v) is 5.41. The smallest absolute Gasteiger partial charge is 0.321 e. The van der Waals surface area contributed by atoms with E-state index >= 15 is 0 Å². The number of benzene rings is 2. The minimum absolute atomic E-state index is 0.00449. The van der Waals surface area contributed by atoms with Gasteiger partial charge in [-0.25, -0.2) is 9.78 Å². The Hall–Kier alpha value is -4.38. The predicted molar refractivity (Wildman–Crippen MR) is 144 cm³/mol. The molecule has 1 spiro atoms. The molecule has 0 saturated carbocycles. The Balaban J connectivity index is 1.14. The van der Waals surface area contributed by atoms with Crippen molar-refractivity contribution in [2.75, 3.05) is 36.4 Å². The van der Waals surface area contributed by atoms with Gasteiger partial charge in [-0.3, -0.25) is 14.9 Å². The lowest BCUT2D eigenvalue weighted by molar-refractivity contribution is -0.115. The second-order valence-corrected chi connectivity index (χ2v) is 10.6. The molecule has 0 bridgehead atoms. The Morgan fingerprint density at radius 1 is 1.03 bits per heavy atom. The molecule has 192 valence electrons. The van der Waals surface area contributed by atoms with Crippen molar-refractivity contribution in [2.45, 2.75) is 6.61 Å². The fraction of sp³-hybridized carbons (Fsp3) is 0.222. The zero-order valence-corrected chi connectivity index (χ0v) is 21.1. The average molecular weight is 529 g/mol. The number of likely N-dealkylation sites (tertiary alicyclic amines) is 1. The van der Waals surface area contributed by atoms with Gasteiger partial charge in [0.2, 0.25) is 11.8 Å². The Bertz CT molecular complexity index is 1420. The van der Waals surface area contributed by atoms with Crippen molar-refractivity contribution < 1.29 is 19.1 Å². The van der Waals surface area contributed by atoms with E-state index in [1.54, 1.807) is 17.0 Å². The van der Waals surface area contributed by atoms with Crippen LogP contribution >= 0.6 is 11.8 Å². The molecule has 0 unspecified atom stereocenters. The Labute approximate surface area is 223 Å². The number of imide groups is 1. The number of thioether (sulfide) groups is 1. The van der Waals surface area contributed by atoms with E-state index in [4.69, 9.17) is 4.74 Å². The van der Waals surface area contributed by atoms with E-state index in [2.05, 4.69) is 20.6 Å². The second-order valence-electron chi connectivity index (χ2n) is 9.57. The van der Waals surface area contributed by atoms with E-state index in [0.29, 0.717) is 50.3 Å². The number of hydrogen-bond donors (Lipinski definition) is 2. The highest BCUT2D eigenvalue weighted by Gasteiger charge is 2.54. The van der Waals surface area contributed by atoms with Crippen LogP contribution in [-0.4, -0.2) is 58.2 Å². The van der Waals surface area contributed by atoms with Gasteiger partial charge >= 0.3 is 6.03 Å². The van der Waals surface area contributed by atoms with Gasteiger partial charge < -0.3 is 19.9 Å². The lowest BCUT2D eigenvalue weighted by atomic mass is 9.73. The van der Waals surface area contributed by atoms with E-state index in [1.165, 1.54) is 0 Å². The third-order valence-electron chi connectivity index (χ3n) is 6.56. The summed E-state index contributed by atoms with van der Waals surface area (Å²) in [6.45, 7) is 3.04. The maximum Gasteiger partial charge on any atom is 0.321 e. The molecule has 2 N–H and O–H groups in total. The van der Waals surface area contributed by atoms with Crippen LogP contribution in [0.4, 0.5) is 21.2 Å². The number of para-hydroxylation sites is 1. The summed E-state index contributed by atoms with van der Waals surface area (Å²) < 4.78 is 5.96. The standard InChI is InChI=1S/C27H24N6O4S/c34-23-21(38-26(36)31-23)11-20-12-22(37-13-18-7-3-1-4-8-18)30-24(28-20)32-14-27(15-32)16-33(17-27)25(35)29-19-9-5-2-6-10-19/h1-12H,13-17H2,(H,29,35)(H,31,34,36). The van der Waals surface area contributed by atoms with Gasteiger partial charge in [0.15, 0.2) is 0 Å². The minimum Gasteiger partial charge on any atom is -0.473 e. The highest BCUT2D eigenvalue weighted by molar-refractivity contribution is 8.18. The normalized spacial score (nSPS) is 18.7. The maximum absolute atomic E-state index is 12.6. The molecule has 3 saturated heterocycles. The van der Waals surface area contributed by atoms with E-state index in [0.717, 1.165) is 23.0 Å². The van der Waals surface area contributed by atoms with Gasteiger partial charge in [0.05, 0.1) is 10.6 Å². The third kappa shape index (κ3) is 5.05. The van der Waals surface area contributed by atoms with Crippen LogP contribution in [0.2, 0.25) is 0 Å². The molecule has 3 aromatic rings. The van der Waals surface area contributed by atoms with Crippen LogP contribution in [0, 0.1) is 5.41 Å². The summed E-state index contributed by atoms with van der Waals surface area (Å²) in [5, 5.41) is 4.77. The summed E-state index contributed by atoms with van der Waals surface area (Å²) in [5.41, 5.74) is 2.25. The molecule has 10 nitrogen and oxygen atoms in total. The van der Waals surface area contributed by atoms with Crippen LogP contribution in [0.15, 0.2) is 71.6 Å². The van der Waals surface area contributed by atoms with Crippen molar-refractivity contribution in [3.05, 3.63) is 82.9 Å². The first-order valence-corrected chi connectivity index (χ1v) is 12.9. The van der Waals surface area contributed by atoms with Gasteiger partial charge in [0, 0.05) is 43.3 Å². The molecular weight excluding hydrogens is 504 g/mol. The molecule has 6 rings (SSSR count). The SMILES string of the molecule is O=C1NC(=O)C(=Cc2cc(OCc3ccccc3)nc(N3CC4(CN(C(=O)Nc5ccccc5)C4)C3)n2)S1. The van der Waals surface area contributed by atoms with Crippen LogP contribution in [0.3, 0.4) is 0 Å². The highest BCUT2D eigenvalue weighted by atomic mass is 32.2. The van der Waals surface area contributed by atoms with Gasteiger partial charge in [-0.1, -0.05) is 48.5 Å². The van der Waals surface area contributed by atoms with Gasteiger partial charge in [-0.05, 0) is 35.5 Å². The Morgan fingerprint density at radius 3 is 2.42 bits per heavy atom. The number of ether oxygens (including phenoxy) is 1. The molecule has 3 aliphatic rings. The molecule has 3 fully saturated rings. The van der Waals surface area contributed by atoms with Gasteiger partial charge in [-0.2, -0.15) is 4.98 Å². The zero-order chi connectivity index (χ0) is 26.1. The first-order chi connectivity index (χ1) is 18.4. The number of nitrogens with zero attached hydrogens (tertiary/aromatic N) is 4. The number of aromatic nitrogens is 2. The number of anilines is 2. The first kappa shape index (κ1) is 24.0.